The van der Waals surface area contributed by atoms with E-state index < -0.39 is 17.8 Å². The van der Waals surface area contributed by atoms with Crippen LogP contribution in [0.2, 0.25) is 0 Å². The molecule has 104 valence electrons. The first-order valence-corrected chi connectivity index (χ1v) is 6.19. The van der Waals surface area contributed by atoms with Crippen molar-refractivity contribution in [2.24, 2.45) is 0 Å². The molecule has 8 heteroatoms. The lowest BCUT2D eigenvalue weighted by Crippen LogP contribution is -2.37. The van der Waals surface area contributed by atoms with Gasteiger partial charge in [-0.1, -0.05) is 0 Å². The predicted molar refractivity (Wildman–Crippen MR) is 68.4 cm³/mol. The molecule has 7 nitrogen and oxygen atoms in total. The summed E-state index contributed by atoms with van der Waals surface area (Å²) in [5, 5.41) is 4.85. The summed E-state index contributed by atoms with van der Waals surface area (Å²) in [7, 11) is 1.27. The molecule has 1 heterocycles. The first-order chi connectivity index (χ1) is 9.02. The van der Waals surface area contributed by atoms with Gasteiger partial charge in [0.15, 0.2) is 10.4 Å². The number of rotatable bonds is 6. The van der Waals surface area contributed by atoms with Crippen LogP contribution in [0.15, 0.2) is 21.2 Å². The Morgan fingerprint density at radius 2 is 2.05 bits per heavy atom. The van der Waals surface area contributed by atoms with Crippen LogP contribution in [0.25, 0.3) is 0 Å². The van der Waals surface area contributed by atoms with Crippen molar-refractivity contribution in [2.75, 3.05) is 20.2 Å². The maximum atomic E-state index is 11.5. The summed E-state index contributed by atoms with van der Waals surface area (Å²) in [6, 6.07) is 3.06. The highest BCUT2D eigenvalue weighted by Gasteiger charge is 2.11. The third-order valence-corrected chi connectivity index (χ3v) is 2.51. The lowest BCUT2D eigenvalue weighted by atomic mass is 10.4. The number of hydrogen-bond donors (Lipinski definition) is 2. The Hall–Kier alpha value is -1.83. The first-order valence-electron chi connectivity index (χ1n) is 5.40. The fourth-order valence-corrected chi connectivity index (χ4v) is 1.46. The van der Waals surface area contributed by atoms with Gasteiger partial charge < -0.3 is 19.8 Å². The van der Waals surface area contributed by atoms with Crippen LogP contribution >= 0.6 is 15.9 Å². The molecule has 0 fully saturated rings. The molecule has 0 aliphatic carbocycles. The molecular weight excluding hydrogens is 320 g/mol. The highest BCUT2D eigenvalue weighted by Crippen LogP contribution is 2.13. The Labute approximate surface area is 117 Å². The van der Waals surface area contributed by atoms with Crippen LogP contribution in [-0.2, 0) is 14.3 Å². The quantitative estimate of drug-likeness (QED) is 0.737. The van der Waals surface area contributed by atoms with Crippen molar-refractivity contribution in [3.05, 3.63) is 22.6 Å². The second-order valence-electron chi connectivity index (χ2n) is 3.46. The lowest BCUT2D eigenvalue weighted by Gasteiger charge is -2.05. The number of amides is 2. The van der Waals surface area contributed by atoms with E-state index in [9.17, 15) is 14.4 Å². The molecule has 0 atom stereocenters. The molecule has 0 saturated heterocycles. The van der Waals surface area contributed by atoms with Crippen LogP contribution in [0.1, 0.15) is 17.0 Å². The third-order valence-electron chi connectivity index (χ3n) is 2.09. The van der Waals surface area contributed by atoms with Crippen molar-refractivity contribution in [1.29, 1.82) is 0 Å². The summed E-state index contributed by atoms with van der Waals surface area (Å²) < 4.78 is 9.86. The molecule has 1 aromatic rings. The highest BCUT2D eigenvalue weighted by molar-refractivity contribution is 9.10. The van der Waals surface area contributed by atoms with Crippen molar-refractivity contribution >= 4 is 33.7 Å². The maximum Gasteiger partial charge on any atom is 0.307 e. The molecule has 0 aliphatic heterocycles. The Kier molecular flexibility index (Phi) is 6.07. The van der Waals surface area contributed by atoms with E-state index in [1.807, 2.05) is 0 Å². The van der Waals surface area contributed by atoms with Gasteiger partial charge in [0, 0.05) is 6.54 Å². The van der Waals surface area contributed by atoms with E-state index in [0.717, 1.165) is 0 Å². The molecule has 1 rings (SSSR count). The molecular formula is C11H13BrN2O5. The molecule has 0 saturated carbocycles. The fraction of sp³-hybridized carbons (Fsp3) is 0.364. The molecule has 0 radical (unpaired) electrons. The minimum absolute atomic E-state index is 0.0846. The standard InChI is InChI=1S/C11H13BrN2O5/c1-18-10(16)4-5-13-9(15)6-14-11(17)7-2-3-8(12)19-7/h2-3H,4-6H2,1H3,(H,13,15)(H,14,17). The van der Waals surface area contributed by atoms with Crippen molar-refractivity contribution in [1.82, 2.24) is 10.6 Å². The minimum atomic E-state index is -0.492. The van der Waals surface area contributed by atoms with Gasteiger partial charge in [-0.05, 0) is 28.1 Å². The number of furan rings is 1. The normalized spacial score (nSPS) is 9.79. The van der Waals surface area contributed by atoms with Crippen LogP contribution in [0.5, 0.6) is 0 Å². The fourth-order valence-electron chi connectivity index (χ4n) is 1.15. The summed E-state index contributed by atoms with van der Waals surface area (Å²) in [6.45, 7) is -0.0357. The van der Waals surface area contributed by atoms with Crippen LogP contribution < -0.4 is 10.6 Å². The van der Waals surface area contributed by atoms with Gasteiger partial charge in [-0.2, -0.15) is 0 Å². The number of carbonyl (C=O) groups is 3. The zero-order chi connectivity index (χ0) is 14.3. The number of nitrogens with one attached hydrogen (secondary N) is 2. The zero-order valence-corrected chi connectivity index (χ0v) is 11.8. The van der Waals surface area contributed by atoms with Gasteiger partial charge in [-0.3, -0.25) is 14.4 Å². The summed E-state index contributed by atoms with van der Waals surface area (Å²) in [6.07, 6.45) is 0.0846. The van der Waals surface area contributed by atoms with E-state index in [1.54, 1.807) is 6.07 Å². The highest BCUT2D eigenvalue weighted by atomic mass is 79.9. The summed E-state index contributed by atoms with van der Waals surface area (Å²) in [4.78, 5) is 33.6. The Bertz CT molecular complexity index is 471. The number of ether oxygens (including phenoxy) is 1. The van der Waals surface area contributed by atoms with Crippen LogP contribution in [0.4, 0.5) is 0 Å². The zero-order valence-electron chi connectivity index (χ0n) is 10.2. The van der Waals surface area contributed by atoms with E-state index >= 15 is 0 Å². The Balaban J connectivity index is 2.23. The van der Waals surface area contributed by atoms with Gasteiger partial charge in [-0.25, -0.2) is 0 Å². The predicted octanol–water partition coefficient (Wildman–Crippen LogP) is 0.451. The van der Waals surface area contributed by atoms with E-state index in [0.29, 0.717) is 4.67 Å². The largest absolute Gasteiger partial charge is 0.469 e. The molecule has 0 unspecified atom stereocenters. The molecule has 2 N–H and O–H groups in total. The Morgan fingerprint density at radius 1 is 1.32 bits per heavy atom. The average Bonchev–Trinajstić information content (AvgIpc) is 2.82. The maximum absolute atomic E-state index is 11.5. The number of esters is 1. The van der Waals surface area contributed by atoms with Crippen molar-refractivity contribution in [3.8, 4) is 0 Å². The average molecular weight is 333 g/mol. The smallest absolute Gasteiger partial charge is 0.307 e. The van der Waals surface area contributed by atoms with E-state index in [4.69, 9.17) is 4.42 Å². The summed E-state index contributed by atoms with van der Waals surface area (Å²) in [5.74, 6) is -1.20. The van der Waals surface area contributed by atoms with Gasteiger partial charge in [0.25, 0.3) is 5.91 Å². The second-order valence-corrected chi connectivity index (χ2v) is 4.24. The number of carbonyl (C=O) groups excluding carboxylic acids is 3. The van der Waals surface area contributed by atoms with Crippen molar-refractivity contribution in [3.63, 3.8) is 0 Å². The Morgan fingerprint density at radius 3 is 2.63 bits per heavy atom. The van der Waals surface area contributed by atoms with E-state index in [-0.39, 0.29) is 25.3 Å². The van der Waals surface area contributed by atoms with E-state index in [2.05, 4.69) is 31.3 Å². The van der Waals surface area contributed by atoms with Crippen LogP contribution in [0, 0.1) is 0 Å². The minimum Gasteiger partial charge on any atom is -0.469 e. The monoisotopic (exact) mass is 332 g/mol. The third kappa shape index (κ3) is 5.56. The molecule has 0 aliphatic rings. The number of hydrogen-bond acceptors (Lipinski definition) is 5. The molecule has 1 aromatic heterocycles. The van der Waals surface area contributed by atoms with Crippen molar-refractivity contribution < 1.29 is 23.5 Å². The van der Waals surface area contributed by atoms with Crippen LogP contribution in [-0.4, -0.2) is 38.0 Å². The van der Waals surface area contributed by atoms with Gasteiger partial charge in [0.05, 0.1) is 20.1 Å². The molecule has 0 spiro atoms. The molecule has 2 amide bonds. The molecule has 0 aromatic carbocycles. The van der Waals surface area contributed by atoms with E-state index in [1.165, 1.54) is 13.2 Å². The van der Waals surface area contributed by atoms with Gasteiger partial charge >= 0.3 is 5.97 Å². The molecule has 19 heavy (non-hydrogen) atoms. The van der Waals surface area contributed by atoms with Gasteiger partial charge in [0.2, 0.25) is 5.91 Å². The second kappa shape index (κ2) is 7.57. The topological polar surface area (TPSA) is 97.6 Å². The SMILES string of the molecule is COC(=O)CCNC(=O)CNC(=O)c1ccc(Br)o1. The molecule has 0 bridgehead atoms. The number of methoxy groups -OCH3 is 1. The van der Waals surface area contributed by atoms with Gasteiger partial charge in [-0.15, -0.1) is 0 Å². The van der Waals surface area contributed by atoms with Crippen molar-refractivity contribution in [2.45, 2.75) is 6.42 Å². The summed E-state index contributed by atoms with van der Waals surface area (Å²) in [5.41, 5.74) is 0. The van der Waals surface area contributed by atoms with Gasteiger partial charge in [0.1, 0.15) is 0 Å². The lowest BCUT2D eigenvalue weighted by molar-refractivity contribution is -0.140. The summed E-state index contributed by atoms with van der Waals surface area (Å²) >= 11 is 3.07. The first kappa shape index (κ1) is 15.2. The number of halogens is 1. The van der Waals surface area contributed by atoms with Crippen LogP contribution in [0.3, 0.4) is 0 Å².